The Morgan fingerprint density at radius 3 is 2.71 bits per heavy atom. The van der Waals surface area contributed by atoms with Gasteiger partial charge in [-0.25, -0.2) is 4.39 Å². The van der Waals surface area contributed by atoms with Crippen LogP contribution in [-0.2, 0) is 0 Å². The van der Waals surface area contributed by atoms with Gasteiger partial charge < -0.3 is 5.32 Å². The van der Waals surface area contributed by atoms with E-state index in [0.29, 0.717) is 10.4 Å². The first-order chi connectivity index (χ1) is 7.95. The summed E-state index contributed by atoms with van der Waals surface area (Å²) in [6, 6.07) is 4.26. The fraction of sp³-hybridized carbons (Fsp3) is 0.417. The van der Waals surface area contributed by atoms with Gasteiger partial charge in [0.1, 0.15) is 5.82 Å². The summed E-state index contributed by atoms with van der Waals surface area (Å²) in [6.07, 6.45) is 0. The van der Waals surface area contributed by atoms with E-state index in [4.69, 9.17) is 11.6 Å². The van der Waals surface area contributed by atoms with Crippen molar-refractivity contribution in [3.05, 3.63) is 34.1 Å². The Kier molecular flexibility index (Phi) is 5.40. The minimum Gasteiger partial charge on any atom is -0.349 e. The molecular formula is C12H14BrClFNO. The zero-order valence-corrected chi connectivity index (χ0v) is 12.0. The highest BCUT2D eigenvalue weighted by molar-refractivity contribution is 9.10. The number of carbonyl (C=O) groups excluding carboxylic acids is 1. The van der Waals surface area contributed by atoms with Crippen LogP contribution in [0.1, 0.15) is 24.2 Å². The van der Waals surface area contributed by atoms with Crippen molar-refractivity contribution >= 4 is 33.4 Å². The third-order valence-corrected chi connectivity index (χ3v) is 3.61. The molecule has 1 rings (SSSR count). The summed E-state index contributed by atoms with van der Waals surface area (Å²) in [5, 5.41) is 2.73. The first kappa shape index (κ1) is 14.5. The normalized spacial score (nSPS) is 14.2. The number of halogens is 3. The number of amides is 1. The smallest absolute Gasteiger partial charge is 0.254 e. The van der Waals surface area contributed by atoms with Gasteiger partial charge in [0, 0.05) is 16.4 Å². The van der Waals surface area contributed by atoms with E-state index in [1.54, 1.807) is 6.07 Å². The van der Waals surface area contributed by atoms with Crippen LogP contribution in [-0.4, -0.2) is 17.8 Å². The van der Waals surface area contributed by atoms with Gasteiger partial charge in [-0.15, -0.1) is 11.6 Å². The van der Waals surface area contributed by atoms with Gasteiger partial charge in [0.15, 0.2) is 0 Å². The first-order valence-corrected chi connectivity index (χ1v) is 6.60. The average Bonchev–Trinajstić information content (AvgIpc) is 2.27. The van der Waals surface area contributed by atoms with Gasteiger partial charge >= 0.3 is 0 Å². The molecular weight excluding hydrogens is 308 g/mol. The molecule has 2 unspecified atom stereocenters. The van der Waals surface area contributed by atoms with E-state index in [2.05, 4.69) is 21.2 Å². The van der Waals surface area contributed by atoms with E-state index < -0.39 is 11.7 Å². The predicted octanol–water partition coefficient (Wildman–Crippen LogP) is 3.58. The second kappa shape index (κ2) is 6.36. The maximum absolute atomic E-state index is 13.5. The molecule has 0 aliphatic heterocycles. The summed E-state index contributed by atoms with van der Waals surface area (Å²) in [4.78, 5) is 11.8. The predicted molar refractivity (Wildman–Crippen MR) is 70.9 cm³/mol. The van der Waals surface area contributed by atoms with Crippen LogP contribution in [0.4, 0.5) is 4.39 Å². The number of carbonyl (C=O) groups is 1. The van der Waals surface area contributed by atoms with Gasteiger partial charge in [-0.2, -0.15) is 0 Å². The van der Waals surface area contributed by atoms with Gasteiger partial charge in [-0.05, 0) is 31.0 Å². The maximum atomic E-state index is 13.5. The lowest BCUT2D eigenvalue weighted by atomic mass is 10.1. The molecule has 94 valence electrons. The van der Waals surface area contributed by atoms with Crippen LogP contribution >= 0.6 is 27.5 Å². The minimum absolute atomic E-state index is 0.0434. The fourth-order valence-electron chi connectivity index (χ4n) is 1.23. The zero-order chi connectivity index (χ0) is 13.0. The number of hydrogen-bond donors (Lipinski definition) is 1. The van der Waals surface area contributed by atoms with Crippen molar-refractivity contribution in [3.63, 3.8) is 0 Å². The lowest BCUT2D eigenvalue weighted by Crippen LogP contribution is -2.38. The molecule has 0 radical (unpaired) electrons. The van der Waals surface area contributed by atoms with Crippen molar-refractivity contribution in [2.75, 3.05) is 5.88 Å². The molecule has 1 N–H and O–H groups in total. The average molecular weight is 323 g/mol. The van der Waals surface area contributed by atoms with Crippen molar-refractivity contribution in [2.24, 2.45) is 5.92 Å². The summed E-state index contributed by atoms with van der Waals surface area (Å²) in [6.45, 7) is 3.78. The van der Waals surface area contributed by atoms with Crippen LogP contribution in [0.25, 0.3) is 0 Å². The summed E-state index contributed by atoms with van der Waals surface area (Å²) in [5.41, 5.74) is 0.0434. The SMILES string of the molecule is CC(CCl)C(C)NC(=O)c1ccc(Br)cc1F. The van der Waals surface area contributed by atoms with Crippen LogP contribution in [0, 0.1) is 11.7 Å². The Balaban J connectivity index is 2.76. The topological polar surface area (TPSA) is 29.1 Å². The third-order valence-electron chi connectivity index (χ3n) is 2.63. The molecule has 0 aliphatic rings. The number of nitrogens with one attached hydrogen (secondary N) is 1. The molecule has 1 aromatic rings. The molecule has 0 bridgehead atoms. The molecule has 0 saturated carbocycles. The Bertz CT molecular complexity index is 413. The quantitative estimate of drug-likeness (QED) is 0.844. The van der Waals surface area contributed by atoms with Crippen molar-refractivity contribution in [1.82, 2.24) is 5.32 Å². The second-order valence-corrected chi connectivity index (χ2v) is 5.24. The molecule has 0 aromatic heterocycles. The van der Waals surface area contributed by atoms with Crippen molar-refractivity contribution in [3.8, 4) is 0 Å². The number of benzene rings is 1. The number of alkyl halides is 1. The highest BCUT2D eigenvalue weighted by atomic mass is 79.9. The highest BCUT2D eigenvalue weighted by Gasteiger charge is 2.17. The number of rotatable bonds is 4. The van der Waals surface area contributed by atoms with Crippen LogP contribution in [0.5, 0.6) is 0 Å². The highest BCUT2D eigenvalue weighted by Crippen LogP contribution is 2.15. The summed E-state index contributed by atoms with van der Waals surface area (Å²) >= 11 is 8.84. The first-order valence-electron chi connectivity index (χ1n) is 5.27. The van der Waals surface area contributed by atoms with E-state index in [1.807, 2.05) is 13.8 Å². The van der Waals surface area contributed by atoms with Crippen molar-refractivity contribution in [1.29, 1.82) is 0 Å². The Morgan fingerprint density at radius 2 is 2.18 bits per heavy atom. The molecule has 0 saturated heterocycles. The lowest BCUT2D eigenvalue weighted by Gasteiger charge is -2.19. The molecule has 0 spiro atoms. The Morgan fingerprint density at radius 1 is 1.53 bits per heavy atom. The van der Waals surface area contributed by atoms with E-state index in [-0.39, 0.29) is 17.5 Å². The third kappa shape index (κ3) is 3.96. The van der Waals surface area contributed by atoms with Crippen molar-refractivity contribution < 1.29 is 9.18 Å². The summed E-state index contributed by atoms with van der Waals surface area (Å²) in [7, 11) is 0. The van der Waals surface area contributed by atoms with Gasteiger partial charge in [0.2, 0.25) is 0 Å². The monoisotopic (exact) mass is 321 g/mol. The standard InChI is InChI=1S/C12H14BrClFNO/c1-7(6-14)8(2)16-12(17)10-4-3-9(13)5-11(10)15/h3-5,7-8H,6H2,1-2H3,(H,16,17). The molecule has 0 aliphatic carbocycles. The zero-order valence-electron chi connectivity index (χ0n) is 9.64. The molecule has 5 heteroatoms. The largest absolute Gasteiger partial charge is 0.349 e. The molecule has 17 heavy (non-hydrogen) atoms. The molecule has 0 heterocycles. The van der Waals surface area contributed by atoms with Gasteiger partial charge in [0.25, 0.3) is 5.91 Å². The molecule has 1 aromatic carbocycles. The van der Waals surface area contributed by atoms with Crippen LogP contribution < -0.4 is 5.32 Å². The molecule has 0 fully saturated rings. The van der Waals surface area contributed by atoms with Crippen LogP contribution in [0.15, 0.2) is 22.7 Å². The number of hydrogen-bond acceptors (Lipinski definition) is 1. The Labute approximate surface area is 114 Å². The van der Waals surface area contributed by atoms with E-state index in [9.17, 15) is 9.18 Å². The summed E-state index contributed by atoms with van der Waals surface area (Å²) in [5.74, 6) is -0.370. The minimum atomic E-state index is -0.539. The molecule has 1 amide bonds. The summed E-state index contributed by atoms with van der Waals surface area (Å²) < 4.78 is 14.1. The van der Waals surface area contributed by atoms with Crippen molar-refractivity contribution in [2.45, 2.75) is 19.9 Å². The fourth-order valence-corrected chi connectivity index (χ4v) is 1.83. The second-order valence-electron chi connectivity index (χ2n) is 4.02. The van der Waals surface area contributed by atoms with Crippen LogP contribution in [0.3, 0.4) is 0 Å². The van der Waals surface area contributed by atoms with Gasteiger partial charge in [0.05, 0.1) is 5.56 Å². The van der Waals surface area contributed by atoms with E-state index in [0.717, 1.165) is 0 Å². The van der Waals surface area contributed by atoms with Crippen LogP contribution in [0.2, 0.25) is 0 Å². The van der Waals surface area contributed by atoms with Gasteiger partial charge in [-0.1, -0.05) is 22.9 Å². The van der Waals surface area contributed by atoms with E-state index >= 15 is 0 Å². The molecule has 2 nitrogen and oxygen atoms in total. The molecule has 2 atom stereocenters. The lowest BCUT2D eigenvalue weighted by molar-refractivity contribution is 0.0927. The van der Waals surface area contributed by atoms with E-state index in [1.165, 1.54) is 12.1 Å². The Hall–Kier alpha value is -0.610. The maximum Gasteiger partial charge on any atom is 0.254 e. The van der Waals surface area contributed by atoms with Gasteiger partial charge in [-0.3, -0.25) is 4.79 Å².